The molecule has 1 saturated heterocycles. The molecule has 0 unspecified atom stereocenters. The highest BCUT2D eigenvalue weighted by molar-refractivity contribution is 6.22. The summed E-state index contributed by atoms with van der Waals surface area (Å²) in [4.78, 5) is 39.1. The lowest BCUT2D eigenvalue weighted by atomic mass is 9.85. The highest BCUT2D eigenvalue weighted by atomic mass is 16.5. The van der Waals surface area contributed by atoms with E-state index in [9.17, 15) is 14.4 Å². The van der Waals surface area contributed by atoms with Crippen LogP contribution in [0.15, 0.2) is 60.7 Å². The predicted molar refractivity (Wildman–Crippen MR) is 114 cm³/mol. The Morgan fingerprint density at radius 2 is 1.40 bits per heavy atom. The summed E-state index contributed by atoms with van der Waals surface area (Å²) < 4.78 is 5.46. The number of imide groups is 1. The minimum Gasteiger partial charge on any atom is -0.423 e. The molecule has 0 aromatic heterocycles. The summed E-state index contributed by atoms with van der Waals surface area (Å²) in [5.74, 6) is -0.890. The van der Waals surface area contributed by atoms with Crippen molar-refractivity contribution in [3.8, 4) is 5.75 Å². The first-order chi connectivity index (χ1) is 14.3. The highest BCUT2D eigenvalue weighted by Gasteiger charge is 2.47. The molecule has 30 heavy (non-hydrogen) atoms. The third-order valence-electron chi connectivity index (χ3n) is 5.80. The Bertz CT molecular complexity index is 987. The van der Waals surface area contributed by atoms with E-state index in [2.05, 4.69) is 20.8 Å². The van der Waals surface area contributed by atoms with Gasteiger partial charge in [-0.2, -0.15) is 0 Å². The van der Waals surface area contributed by atoms with Crippen LogP contribution in [0, 0.1) is 11.8 Å². The van der Waals surface area contributed by atoms with Gasteiger partial charge in [0.25, 0.3) is 0 Å². The zero-order chi connectivity index (χ0) is 21.5. The van der Waals surface area contributed by atoms with Crippen molar-refractivity contribution in [1.82, 2.24) is 0 Å². The Balaban J connectivity index is 1.46. The number of ether oxygens (including phenoxy) is 1. The quantitative estimate of drug-likeness (QED) is 0.324. The van der Waals surface area contributed by atoms with Gasteiger partial charge < -0.3 is 4.74 Å². The summed E-state index contributed by atoms with van der Waals surface area (Å²) in [6.07, 6.45) is 5.13. The molecule has 2 atom stereocenters. The van der Waals surface area contributed by atoms with Gasteiger partial charge >= 0.3 is 5.97 Å². The molecule has 5 nitrogen and oxygen atoms in total. The molecule has 2 aromatic rings. The lowest BCUT2D eigenvalue weighted by Gasteiger charge is -2.19. The number of esters is 1. The maximum Gasteiger partial charge on any atom is 0.343 e. The van der Waals surface area contributed by atoms with Crippen molar-refractivity contribution in [3.63, 3.8) is 0 Å². The van der Waals surface area contributed by atoms with E-state index >= 15 is 0 Å². The van der Waals surface area contributed by atoms with Gasteiger partial charge in [0.1, 0.15) is 5.75 Å². The molecule has 154 valence electrons. The van der Waals surface area contributed by atoms with Crippen LogP contribution in [-0.2, 0) is 15.0 Å². The summed E-state index contributed by atoms with van der Waals surface area (Å²) in [5.41, 5.74) is 2.03. The second-order valence-corrected chi connectivity index (χ2v) is 8.88. The number of hydrogen-bond acceptors (Lipinski definition) is 4. The molecule has 0 radical (unpaired) electrons. The summed E-state index contributed by atoms with van der Waals surface area (Å²) in [7, 11) is 0. The highest BCUT2D eigenvalue weighted by Crippen LogP contribution is 2.37. The smallest absolute Gasteiger partial charge is 0.343 e. The molecule has 2 amide bonds. The Labute approximate surface area is 176 Å². The van der Waals surface area contributed by atoms with Crippen LogP contribution in [0.5, 0.6) is 5.75 Å². The van der Waals surface area contributed by atoms with Gasteiger partial charge in [0.15, 0.2) is 0 Å². The van der Waals surface area contributed by atoms with Crippen molar-refractivity contribution in [2.45, 2.75) is 39.0 Å². The van der Waals surface area contributed by atoms with Crippen molar-refractivity contribution >= 4 is 23.5 Å². The molecule has 1 fully saturated rings. The third-order valence-corrected chi connectivity index (χ3v) is 5.80. The average molecular weight is 403 g/mol. The molecule has 0 saturated carbocycles. The molecule has 0 spiro atoms. The maximum absolute atomic E-state index is 12.7. The standard InChI is InChI=1S/C25H25NO4/c1-25(2,3)17-10-14-19(15-11-17)30-24(29)16-8-12-18(13-9-16)26-22(27)20-6-4-5-7-21(20)23(26)28/h4-5,8-15,20-21H,6-7H2,1-3H3/t20-,21-/m1/s1. The number of carbonyl (C=O) groups is 3. The number of benzene rings is 2. The van der Waals surface area contributed by atoms with Crippen molar-refractivity contribution in [1.29, 1.82) is 0 Å². The van der Waals surface area contributed by atoms with E-state index in [4.69, 9.17) is 4.74 Å². The molecule has 0 bridgehead atoms. The van der Waals surface area contributed by atoms with Crippen LogP contribution in [0.2, 0.25) is 0 Å². The van der Waals surface area contributed by atoms with E-state index in [1.807, 2.05) is 24.3 Å². The van der Waals surface area contributed by atoms with Crippen molar-refractivity contribution in [2.24, 2.45) is 11.8 Å². The van der Waals surface area contributed by atoms with Gasteiger partial charge in [-0.05, 0) is 60.2 Å². The fourth-order valence-electron chi connectivity index (χ4n) is 3.99. The number of rotatable bonds is 3. The monoisotopic (exact) mass is 403 g/mol. The number of amides is 2. The lowest BCUT2D eigenvalue weighted by Crippen LogP contribution is -2.30. The van der Waals surface area contributed by atoms with Gasteiger partial charge in [-0.25, -0.2) is 4.79 Å². The van der Waals surface area contributed by atoms with Crippen LogP contribution in [0.3, 0.4) is 0 Å². The van der Waals surface area contributed by atoms with Gasteiger partial charge in [0.05, 0.1) is 23.1 Å². The van der Waals surface area contributed by atoms with E-state index in [0.29, 0.717) is 29.8 Å². The SMILES string of the molecule is CC(C)(C)c1ccc(OC(=O)c2ccc(N3C(=O)[C@@H]4CC=CC[C@H]4C3=O)cc2)cc1. The van der Waals surface area contributed by atoms with Crippen LogP contribution >= 0.6 is 0 Å². The number of hydrogen-bond donors (Lipinski definition) is 0. The fourth-order valence-corrected chi connectivity index (χ4v) is 3.99. The normalized spacial score (nSPS) is 21.0. The number of fused-ring (bicyclic) bond motifs is 1. The molecule has 1 heterocycles. The molecule has 2 aliphatic rings. The first-order valence-corrected chi connectivity index (χ1v) is 10.2. The molecule has 1 aliphatic heterocycles. The van der Waals surface area contributed by atoms with Gasteiger partial charge in [-0.1, -0.05) is 45.1 Å². The van der Waals surface area contributed by atoms with Gasteiger partial charge in [0.2, 0.25) is 11.8 Å². The lowest BCUT2D eigenvalue weighted by molar-refractivity contribution is -0.122. The van der Waals surface area contributed by atoms with Crippen LogP contribution in [0.25, 0.3) is 0 Å². The number of allylic oxidation sites excluding steroid dienone is 2. The molecule has 2 aromatic carbocycles. The fraction of sp³-hybridized carbons (Fsp3) is 0.320. The largest absolute Gasteiger partial charge is 0.423 e. The van der Waals surface area contributed by atoms with E-state index in [1.165, 1.54) is 4.90 Å². The number of nitrogens with zero attached hydrogens (tertiary/aromatic N) is 1. The number of anilines is 1. The third kappa shape index (κ3) is 3.67. The van der Waals surface area contributed by atoms with Crippen LogP contribution < -0.4 is 9.64 Å². The Hall–Kier alpha value is -3.21. The van der Waals surface area contributed by atoms with E-state index in [-0.39, 0.29) is 29.1 Å². The second kappa shape index (κ2) is 7.56. The molecule has 0 N–H and O–H groups in total. The van der Waals surface area contributed by atoms with Crippen LogP contribution in [-0.4, -0.2) is 17.8 Å². The summed E-state index contributed by atoms with van der Waals surface area (Å²) in [5, 5.41) is 0. The molecular weight excluding hydrogens is 378 g/mol. The maximum atomic E-state index is 12.7. The molecule has 1 aliphatic carbocycles. The average Bonchev–Trinajstić information content (AvgIpc) is 2.98. The predicted octanol–water partition coefficient (Wildman–Crippen LogP) is 4.66. The minimum atomic E-state index is -0.484. The Morgan fingerprint density at radius 3 is 1.90 bits per heavy atom. The number of carbonyl (C=O) groups excluding carboxylic acids is 3. The summed E-state index contributed by atoms with van der Waals surface area (Å²) in [6, 6.07) is 13.9. The van der Waals surface area contributed by atoms with Gasteiger partial charge in [-0.3, -0.25) is 14.5 Å². The topological polar surface area (TPSA) is 63.7 Å². The van der Waals surface area contributed by atoms with Gasteiger partial charge in [-0.15, -0.1) is 0 Å². The van der Waals surface area contributed by atoms with Crippen molar-refractivity contribution in [3.05, 3.63) is 71.8 Å². The van der Waals surface area contributed by atoms with Crippen LogP contribution in [0.1, 0.15) is 49.5 Å². The van der Waals surface area contributed by atoms with E-state index < -0.39 is 5.97 Å². The molecule has 4 rings (SSSR count). The minimum absolute atomic E-state index is 0.0242. The summed E-state index contributed by atoms with van der Waals surface area (Å²) in [6.45, 7) is 6.37. The Morgan fingerprint density at radius 1 is 0.867 bits per heavy atom. The summed E-state index contributed by atoms with van der Waals surface area (Å²) >= 11 is 0. The van der Waals surface area contributed by atoms with E-state index in [1.54, 1.807) is 36.4 Å². The van der Waals surface area contributed by atoms with E-state index in [0.717, 1.165) is 5.56 Å². The molecular formula is C25H25NO4. The first kappa shape index (κ1) is 20.1. The van der Waals surface area contributed by atoms with Crippen LogP contribution in [0.4, 0.5) is 5.69 Å². The van der Waals surface area contributed by atoms with Crippen molar-refractivity contribution in [2.75, 3.05) is 4.90 Å². The zero-order valence-corrected chi connectivity index (χ0v) is 17.4. The van der Waals surface area contributed by atoms with Crippen molar-refractivity contribution < 1.29 is 19.1 Å². The second-order valence-electron chi connectivity index (χ2n) is 8.88. The Kier molecular flexibility index (Phi) is 5.06. The first-order valence-electron chi connectivity index (χ1n) is 10.2. The zero-order valence-electron chi connectivity index (χ0n) is 17.4. The molecule has 5 heteroatoms. The van der Waals surface area contributed by atoms with Gasteiger partial charge in [0, 0.05) is 0 Å².